The van der Waals surface area contributed by atoms with Crippen molar-refractivity contribution in [1.82, 2.24) is 9.88 Å². The van der Waals surface area contributed by atoms with E-state index in [1.807, 2.05) is 23.1 Å². The average molecular weight is 276 g/mol. The molecule has 3 rings (SSSR count). The van der Waals surface area contributed by atoms with Crippen molar-refractivity contribution < 1.29 is 9.90 Å². The number of aromatic nitrogens is 1. The van der Waals surface area contributed by atoms with Gasteiger partial charge in [0.05, 0.1) is 28.4 Å². The molecule has 1 atom stereocenters. The minimum Gasteiger partial charge on any atom is -0.394 e. The molecule has 1 unspecified atom stereocenters. The smallest absolute Gasteiger partial charge is 0.254 e. The van der Waals surface area contributed by atoms with Crippen LogP contribution < -0.4 is 0 Å². The molecule has 1 N–H and O–H groups in total. The number of rotatable bonds is 2. The summed E-state index contributed by atoms with van der Waals surface area (Å²) in [6, 6.07) is 5.58. The number of carbonyl (C=O) groups excluding carboxylic acids is 1. The van der Waals surface area contributed by atoms with Crippen LogP contribution in [0, 0.1) is 0 Å². The minimum atomic E-state index is -0.0293. The number of carbonyl (C=O) groups is 1. The summed E-state index contributed by atoms with van der Waals surface area (Å²) in [7, 11) is 0. The van der Waals surface area contributed by atoms with Gasteiger partial charge in [-0.2, -0.15) is 0 Å². The number of piperidine rings is 1. The number of amides is 1. The molecule has 5 heteroatoms. The highest BCUT2D eigenvalue weighted by Crippen LogP contribution is 2.23. The molecule has 100 valence electrons. The van der Waals surface area contributed by atoms with Gasteiger partial charge in [0.25, 0.3) is 5.91 Å². The first-order chi connectivity index (χ1) is 9.29. The average Bonchev–Trinajstić information content (AvgIpc) is 2.93. The van der Waals surface area contributed by atoms with Crippen LogP contribution in [0.15, 0.2) is 23.7 Å². The molecule has 0 spiro atoms. The maximum absolute atomic E-state index is 12.5. The predicted molar refractivity (Wildman–Crippen MR) is 75.4 cm³/mol. The Morgan fingerprint density at radius 3 is 3.21 bits per heavy atom. The third kappa shape index (κ3) is 2.35. The Balaban J connectivity index is 1.89. The number of aliphatic hydroxyl groups is 1. The van der Waals surface area contributed by atoms with Crippen molar-refractivity contribution in [2.24, 2.45) is 0 Å². The second kappa shape index (κ2) is 5.27. The molecule has 1 aromatic heterocycles. The van der Waals surface area contributed by atoms with Gasteiger partial charge >= 0.3 is 0 Å². The fraction of sp³-hybridized carbons (Fsp3) is 0.429. The van der Waals surface area contributed by atoms with E-state index in [0.29, 0.717) is 5.56 Å². The zero-order chi connectivity index (χ0) is 13.2. The lowest BCUT2D eigenvalue weighted by Gasteiger charge is -2.34. The molecule has 19 heavy (non-hydrogen) atoms. The highest BCUT2D eigenvalue weighted by molar-refractivity contribution is 7.16. The van der Waals surface area contributed by atoms with Gasteiger partial charge in [-0.05, 0) is 37.5 Å². The van der Waals surface area contributed by atoms with Crippen molar-refractivity contribution in [3.8, 4) is 0 Å². The summed E-state index contributed by atoms with van der Waals surface area (Å²) < 4.78 is 1.03. The number of benzene rings is 1. The van der Waals surface area contributed by atoms with Crippen LogP contribution in [0.3, 0.4) is 0 Å². The summed E-state index contributed by atoms with van der Waals surface area (Å²) in [5.74, 6) is 0.0223. The number of fused-ring (bicyclic) bond motifs is 1. The summed E-state index contributed by atoms with van der Waals surface area (Å²) in [4.78, 5) is 18.6. The SMILES string of the molecule is O=C(c1ccc2ncsc2c1)N1CCCCC1CO. The van der Waals surface area contributed by atoms with Crippen LogP contribution in [0.2, 0.25) is 0 Å². The Bertz CT molecular complexity index is 596. The summed E-state index contributed by atoms with van der Waals surface area (Å²) in [6.07, 6.45) is 3.00. The molecular weight excluding hydrogens is 260 g/mol. The first-order valence-electron chi connectivity index (χ1n) is 6.54. The quantitative estimate of drug-likeness (QED) is 0.915. The van der Waals surface area contributed by atoms with Crippen molar-refractivity contribution in [3.05, 3.63) is 29.3 Å². The van der Waals surface area contributed by atoms with E-state index in [2.05, 4.69) is 4.98 Å². The highest BCUT2D eigenvalue weighted by atomic mass is 32.1. The van der Waals surface area contributed by atoms with Crippen molar-refractivity contribution in [3.63, 3.8) is 0 Å². The molecule has 1 fully saturated rings. The molecule has 4 nitrogen and oxygen atoms in total. The van der Waals surface area contributed by atoms with Crippen LogP contribution in [0.1, 0.15) is 29.6 Å². The number of likely N-dealkylation sites (tertiary alicyclic amines) is 1. The van der Waals surface area contributed by atoms with Gasteiger partial charge in [0.15, 0.2) is 0 Å². The lowest BCUT2D eigenvalue weighted by Crippen LogP contribution is -2.45. The Kier molecular flexibility index (Phi) is 3.48. The van der Waals surface area contributed by atoms with Crippen molar-refractivity contribution in [2.75, 3.05) is 13.2 Å². The van der Waals surface area contributed by atoms with E-state index in [0.717, 1.165) is 36.0 Å². The topological polar surface area (TPSA) is 53.4 Å². The maximum Gasteiger partial charge on any atom is 0.254 e. The van der Waals surface area contributed by atoms with Crippen molar-refractivity contribution in [2.45, 2.75) is 25.3 Å². The Labute approximate surface area is 115 Å². The first-order valence-corrected chi connectivity index (χ1v) is 7.42. The van der Waals surface area contributed by atoms with Gasteiger partial charge < -0.3 is 10.0 Å². The number of hydrogen-bond acceptors (Lipinski definition) is 4. The standard InChI is InChI=1S/C14H16N2O2S/c17-8-11-3-1-2-6-16(11)14(18)10-4-5-12-13(7-10)19-9-15-12/h4-5,7,9,11,17H,1-3,6,8H2. The fourth-order valence-corrected chi connectivity index (χ4v) is 3.33. The first kappa shape index (κ1) is 12.6. The van der Waals surface area contributed by atoms with Crippen LogP contribution in [-0.2, 0) is 0 Å². The predicted octanol–water partition coefficient (Wildman–Crippen LogP) is 2.28. The second-order valence-corrected chi connectivity index (χ2v) is 5.75. The van der Waals surface area contributed by atoms with Gasteiger partial charge in [-0.3, -0.25) is 4.79 Å². The molecule has 1 aromatic carbocycles. The van der Waals surface area contributed by atoms with E-state index in [1.54, 1.807) is 16.8 Å². The normalized spacial score (nSPS) is 19.8. The zero-order valence-corrected chi connectivity index (χ0v) is 11.4. The number of aliphatic hydroxyl groups excluding tert-OH is 1. The molecule has 1 aliphatic heterocycles. The van der Waals surface area contributed by atoms with Crippen LogP contribution in [0.4, 0.5) is 0 Å². The van der Waals surface area contributed by atoms with Crippen LogP contribution in [-0.4, -0.2) is 40.1 Å². The van der Waals surface area contributed by atoms with Gasteiger partial charge in [-0.15, -0.1) is 11.3 Å². The fourth-order valence-electron chi connectivity index (χ4n) is 2.61. The lowest BCUT2D eigenvalue weighted by molar-refractivity contribution is 0.0503. The summed E-state index contributed by atoms with van der Waals surface area (Å²) in [6.45, 7) is 0.791. The molecule has 0 radical (unpaired) electrons. The van der Waals surface area contributed by atoms with Gasteiger partial charge in [0.2, 0.25) is 0 Å². The molecule has 2 aromatic rings. The van der Waals surface area contributed by atoms with Gasteiger partial charge in [-0.1, -0.05) is 0 Å². The van der Waals surface area contributed by atoms with Crippen LogP contribution in [0.5, 0.6) is 0 Å². The molecule has 1 amide bonds. The molecule has 1 aliphatic rings. The molecule has 0 aliphatic carbocycles. The van der Waals surface area contributed by atoms with Crippen molar-refractivity contribution in [1.29, 1.82) is 0 Å². The Morgan fingerprint density at radius 2 is 2.37 bits per heavy atom. The van der Waals surface area contributed by atoms with E-state index in [1.165, 1.54) is 0 Å². The lowest BCUT2D eigenvalue weighted by atomic mass is 10.0. The maximum atomic E-state index is 12.5. The Hall–Kier alpha value is -1.46. The zero-order valence-electron chi connectivity index (χ0n) is 10.6. The van der Waals surface area contributed by atoms with Gasteiger partial charge in [0.1, 0.15) is 0 Å². The third-order valence-electron chi connectivity index (χ3n) is 3.68. The highest BCUT2D eigenvalue weighted by Gasteiger charge is 2.26. The van der Waals surface area contributed by atoms with E-state index in [9.17, 15) is 9.90 Å². The largest absolute Gasteiger partial charge is 0.394 e. The van der Waals surface area contributed by atoms with Crippen LogP contribution in [0.25, 0.3) is 10.2 Å². The summed E-state index contributed by atoms with van der Waals surface area (Å²) >= 11 is 1.54. The Morgan fingerprint density at radius 1 is 1.47 bits per heavy atom. The van der Waals surface area contributed by atoms with E-state index in [-0.39, 0.29) is 18.6 Å². The summed E-state index contributed by atoms with van der Waals surface area (Å²) in [5.41, 5.74) is 3.41. The van der Waals surface area contributed by atoms with Crippen molar-refractivity contribution >= 4 is 27.5 Å². The third-order valence-corrected chi connectivity index (χ3v) is 4.47. The van der Waals surface area contributed by atoms with Gasteiger partial charge in [-0.25, -0.2) is 4.98 Å². The summed E-state index contributed by atoms with van der Waals surface area (Å²) in [5, 5.41) is 9.39. The van der Waals surface area contributed by atoms with E-state index >= 15 is 0 Å². The van der Waals surface area contributed by atoms with Crippen LogP contribution >= 0.6 is 11.3 Å². The van der Waals surface area contributed by atoms with Gasteiger partial charge in [0, 0.05) is 12.1 Å². The molecular formula is C14H16N2O2S. The second-order valence-electron chi connectivity index (χ2n) is 4.87. The molecule has 1 saturated heterocycles. The minimum absolute atomic E-state index is 0.0223. The van der Waals surface area contributed by atoms with E-state index < -0.39 is 0 Å². The monoisotopic (exact) mass is 276 g/mol. The number of nitrogens with zero attached hydrogens (tertiary/aromatic N) is 2. The number of hydrogen-bond donors (Lipinski definition) is 1. The molecule has 2 heterocycles. The molecule has 0 saturated carbocycles. The number of thiazole rings is 1. The molecule has 0 bridgehead atoms. The van der Waals surface area contributed by atoms with E-state index in [4.69, 9.17) is 0 Å².